The Morgan fingerprint density at radius 1 is 0.957 bits per heavy atom. The number of benzene rings is 1. The van der Waals surface area contributed by atoms with Gasteiger partial charge in [-0.15, -0.1) is 0 Å². The van der Waals surface area contributed by atoms with Gasteiger partial charge in [-0.2, -0.15) is 0 Å². The maximum atomic E-state index is 12.8. The average molecular weight is 314 g/mol. The van der Waals surface area contributed by atoms with Crippen molar-refractivity contribution in [2.45, 2.75) is 78.6 Å². The molecule has 0 unspecified atom stereocenters. The summed E-state index contributed by atoms with van der Waals surface area (Å²) >= 11 is 0. The molecule has 1 aromatic carbocycles. The zero-order valence-corrected chi connectivity index (χ0v) is 15.1. The first-order valence-electron chi connectivity index (χ1n) is 9.19. The van der Waals surface area contributed by atoms with E-state index in [-0.39, 0.29) is 17.5 Å². The monoisotopic (exact) mass is 314 g/mol. The number of ketones is 2. The number of hydrogen-bond acceptors (Lipinski definition) is 2. The highest BCUT2D eigenvalue weighted by molar-refractivity contribution is 6.10. The van der Waals surface area contributed by atoms with E-state index in [1.807, 2.05) is 0 Å². The SMILES string of the molecule is CCCCC1CC(=O)C(c2c(CC)cc(C)cc2CC)C(=O)C1. The normalized spacial score (nSPS) is 21.7. The van der Waals surface area contributed by atoms with Crippen LogP contribution in [0.15, 0.2) is 12.1 Å². The first-order valence-corrected chi connectivity index (χ1v) is 9.19. The van der Waals surface area contributed by atoms with Crippen molar-refractivity contribution < 1.29 is 9.59 Å². The highest BCUT2D eigenvalue weighted by atomic mass is 16.2. The van der Waals surface area contributed by atoms with E-state index in [0.29, 0.717) is 12.8 Å². The van der Waals surface area contributed by atoms with Gasteiger partial charge in [0.05, 0.1) is 0 Å². The third-order valence-electron chi connectivity index (χ3n) is 5.14. The van der Waals surface area contributed by atoms with Gasteiger partial charge in [0.25, 0.3) is 0 Å². The molecule has 0 aliphatic heterocycles. The second kappa shape index (κ2) is 7.90. The van der Waals surface area contributed by atoms with Gasteiger partial charge in [-0.3, -0.25) is 9.59 Å². The zero-order chi connectivity index (χ0) is 17.0. The number of rotatable bonds is 6. The summed E-state index contributed by atoms with van der Waals surface area (Å²) in [5, 5.41) is 0. The summed E-state index contributed by atoms with van der Waals surface area (Å²) in [6.45, 7) is 8.47. The van der Waals surface area contributed by atoms with Crippen molar-refractivity contribution in [1.29, 1.82) is 0 Å². The van der Waals surface area contributed by atoms with Crippen molar-refractivity contribution in [3.05, 3.63) is 34.4 Å². The summed E-state index contributed by atoms with van der Waals surface area (Å²) in [4.78, 5) is 25.6. The molecule has 0 heterocycles. The smallest absolute Gasteiger partial charge is 0.148 e. The van der Waals surface area contributed by atoms with Gasteiger partial charge in [-0.1, -0.05) is 51.3 Å². The molecule has 2 nitrogen and oxygen atoms in total. The van der Waals surface area contributed by atoms with Gasteiger partial charge in [-0.25, -0.2) is 0 Å². The minimum atomic E-state index is -0.502. The van der Waals surface area contributed by atoms with E-state index in [0.717, 1.165) is 37.7 Å². The molecule has 2 heteroatoms. The Balaban J connectivity index is 2.35. The molecule has 1 aliphatic carbocycles. The highest BCUT2D eigenvalue weighted by Crippen LogP contribution is 2.36. The molecular weight excluding hydrogens is 284 g/mol. The molecule has 1 aliphatic rings. The number of carbonyl (C=O) groups excluding carboxylic acids is 2. The standard InChI is InChI=1S/C21H30O2/c1-5-8-9-15-12-18(22)21(19(23)13-15)20-16(6-2)10-14(4)11-17(20)7-3/h10-11,15,21H,5-9,12-13H2,1-4H3. The molecule has 0 atom stereocenters. The maximum absolute atomic E-state index is 12.8. The second-order valence-electron chi connectivity index (χ2n) is 6.99. The van der Waals surface area contributed by atoms with Gasteiger partial charge >= 0.3 is 0 Å². The van der Waals surface area contributed by atoms with Gasteiger partial charge < -0.3 is 0 Å². The van der Waals surface area contributed by atoms with Crippen LogP contribution >= 0.6 is 0 Å². The second-order valence-corrected chi connectivity index (χ2v) is 6.99. The van der Waals surface area contributed by atoms with Gasteiger partial charge in [0.15, 0.2) is 0 Å². The van der Waals surface area contributed by atoms with Crippen molar-refractivity contribution in [3.63, 3.8) is 0 Å². The summed E-state index contributed by atoms with van der Waals surface area (Å²) in [6.07, 6.45) is 6.16. The Hall–Kier alpha value is -1.44. The van der Waals surface area contributed by atoms with Crippen LogP contribution in [-0.2, 0) is 22.4 Å². The lowest BCUT2D eigenvalue weighted by molar-refractivity contribution is -0.133. The Morgan fingerprint density at radius 2 is 1.48 bits per heavy atom. The zero-order valence-electron chi connectivity index (χ0n) is 15.1. The Kier molecular flexibility index (Phi) is 6.15. The maximum Gasteiger partial charge on any atom is 0.148 e. The van der Waals surface area contributed by atoms with Crippen LogP contribution in [0.5, 0.6) is 0 Å². The van der Waals surface area contributed by atoms with Crippen LogP contribution in [0.4, 0.5) is 0 Å². The average Bonchev–Trinajstić information content (AvgIpc) is 2.52. The fourth-order valence-corrected chi connectivity index (χ4v) is 3.98. The van der Waals surface area contributed by atoms with E-state index in [4.69, 9.17) is 0 Å². The lowest BCUT2D eigenvalue weighted by Crippen LogP contribution is -2.33. The Morgan fingerprint density at radius 3 is 1.91 bits per heavy atom. The number of carbonyl (C=O) groups is 2. The molecular formula is C21H30O2. The van der Waals surface area contributed by atoms with E-state index in [2.05, 4.69) is 39.8 Å². The molecule has 0 bridgehead atoms. The van der Waals surface area contributed by atoms with E-state index < -0.39 is 5.92 Å². The number of hydrogen-bond donors (Lipinski definition) is 0. The molecule has 23 heavy (non-hydrogen) atoms. The molecule has 1 saturated carbocycles. The third-order valence-corrected chi connectivity index (χ3v) is 5.14. The van der Waals surface area contributed by atoms with Crippen molar-refractivity contribution >= 4 is 11.6 Å². The van der Waals surface area contributed by atoms with Crippen LogP contribution in [0.3, 0.4) is 0 Å². The predicted octanol–water partition coefficient (Wildman–Crippen LogP) is 4.94. The van der Waals surface area contributed by atoms with Crippen LogP contribution in [-0.4, -0.2) is 11.6 Å². The quantitative estimate of drug-likeness (QED) is 0.697. The molecule has 0 saturated heterocycles. The lowest BCUT2D eigenvalue weighted by Gasteiger charge is -2.29. The van der Waals surface area contributed by atoms with Crippen molar-refractivity contribution in [1.82, 2.24) is 0 Å². The van der Waals surface area contributed by atoms with Gasteiger partial charge in [0.1, 0.15) is 17.5 Å². The molecule has 0 spiro atoms. The minimum Gasteiger partial charge on any atom is -0.299 e. The molecule has 0 radical (unpaired) electrons. The fraction of sp³-hybridized carbons (Fsp3) is 0.619. The van der Waals surface area contributed by atoms with E-state index in [1.165, 1.54) is 16.7 Å². The molecule has 0 aromatic heterocycles. The number of aryl methyl sites for hydroxylation is 3. The van der Waals surface area contributed by atoms with Gasteiger partial charge in [0, 0.05) is 12.8 Å². The molecule has 2 rings (SSSR count). The third kappa shape index (κ3) is 3.91. The van der Waals surface area contributed by atoms with Crippen molar-refractivity contribution in [2.75, 3.05) is 0 Å². The van der Waals surface area contributed by atoms with Crippen LogP contribution in [0.2, 0.25) is 0 Å². The van der Waals surface area contributed by atoms with Crippen LogP contribution < -0.4 is 0 Å². The fourth-order valence-electron chi connectivity index (χ4n) is 3.98. The summed E-state index contributed by atoms with van der Waals surface area (Å²) in [5.41, 5.74) is 4.62. The first-order chi connectivity index (χ1) is 11.0. The van der Waals surface area contributed by atoms with E-state index >= 15 is 0 Å². The first kappa shape index (κ1) is 17.9. The van der Waals surface area contributed by atoms with Crippen LogP contribution in [0.25, 0.3) is 0 Å². The minimum absolute atomic E-state index is 0.149. The van der Waals surface area contributed by atoms with Crippen LogP contribution in [0, 0.1) is 12.8 Å². The van der Waals surface area contributed by atoms with E-state index in [9.17, 15) is 9.59 Å². The van der Waals surface area contributed by atoms with Crippen molar-refractivity contribution in [3.8, 4) is 0 Å². The topological polar surface area (TPSA) is 34.1 Å². The number of unbranched alkanes of at least 4 members (excludes halogenated alkanes) is 1. The van der Waals surface area contributed by atoms with Crippen LogP contribution in [0.1, 0.15) is 81.0 Å². The Labute approximate surface area is 140 Å². The lowest BCUT2D eigenvalue weighted by atomic mass is 9.72. The largest absolute Gasteiger partial charge is 0.299 e. The highest BCUT2D eigenvalue weighted by Gasteiger charge is 2.38. The molecule has 0 N–H and O–H groups in total. The molecule has 0 amide bonds. The number of Topliss-reactive ketones (excluding diaryl/α,β-unsaturated/α-hetero) is 2. The summed E-state index contributed by atoms with van der Waals surface area (Å²) in [7, 11) is 0. The molecule has 126 valence electrons. The van der Waals surface area contributed by atoms with E-state index in [1.54, 1.807) is 0 Å². The summed E-state index contributed by atoms with van der Waals surface area (Å²) in [5.74, 6) is 0.0661. The van der Waals surface area contributed by atoms with Gasteiger partial charge in [0.2, 0.25) is 0 Å². The van der Waals surface area contributed by atoms with Crippen molar-refractivity contribution in [2.24, 2.45) is 5.92 Å². The predicted molar refractivity (Wildman–Crippen MR) is 94.9 cm³/mol. The Bertz CT molecular complexity index is 542. The summed E-state index contributed by atoms with van der Waals surface area (Å²) < 4.78 is 0. The molecule has 1 aromatic rings. The molecule has 1 fully saturated rings. The van der Waals surface area contributed by atoms with Gasteiger partial charge in [-0.05, 0) is 48.8 Å². The summed E-state index contributed by atoms with van der Waals surface area (Å²) in [6, 6.07) is 4.30.